The van der Waals surface area contributed by atoms with Gasteiger partial charge in [0, 0.05) is 25.2 Å². The lowest BCUT2D eigenvalue weighted by Gasteiger charge is -2.23. The molecule has 0 radical (unpaired) electrons. The van der Waals surface area contributed by atoms with E-state index in [9.17, 15) is 0 Å². The number of rotatable bonds is 10. The number of hydrogen-bond acceptors (Lipinski definition) is 2. The minimum Gasteiger partial charge on any atom is -0.357 e. The van der Waals surface area contributed by atoms with E-state index in [-0.39, 0.29) is 24.0 Å². The first-order chi connectivity index (χ1) is 9.69. The maximum Gasteiger partial charge on any atom is 0.191 e. The van der Waals surface area contributed by atoms with Gasteiger partial charge in [0.1, 0.15) is 0 Å². The number of guanidine groups is 1. The number of hydrogen-bond donors (Lipinski definition) is 2. The number of unbranched alkanes of at least 4 members (excludes halogenated alkanes) is 3. The summed E-state index contributed by atoms with van der Waals surface area (Å²) in [4.78, 5) is 7.18. The molecule has 1 aliphatic carbocycles. The molecule has 0 aromatic rings. The first-order valence-corrected chi connectivity index (χ1v) is 8.43. The number of nitrogens with one attached hydrogen (secondary N) is 2. The fraction of sp³-hybridized carbons (Fsp3) is 0.938. The molecular formula is C16H35IN4. The predicted molar refractivity (Wildman–Crippen MR) is 104 cm³/mol. The van der Waals surface area contributed by atoms with Crippen LogP contribution in [0.1, 0.15) is 59.3 Å². The highest BCUT2D eigenvalue weighted by Crippen LogP contribution is 2.26. The molecule has 1 aliphatic rings. The lowest BCUT2D eigenvalue weighted by atomic mass is 10.2. The molecule has 2 N–H and O–H groups in total. The maximum absolute atomic E-state index is 4.72. The van der Waals surface area contributed by atoms with E-state index in [4.69, 9.17) is 4.99 Å². The van der Waals surface area contributed by atoms with Crippen molar-refractivity contribution >= 4 is 29.9 Å². The van der Waals surface area contributed by atoms with Crippen LogP contribution in [0.15, 0.2) is 4.99 Å². The van der Waals surface area contributed by atoms with Crippen LogP contribution in [0.4, 0.5) is 0 Å². The Morgan fingerprint density at radius 3 is 2.48 bits per heavy atom. The average molecular weight is 410 g/mol. The zero-order valence-electron chi connectivity index (χ0n) is 14.3. The SMILES string of the molecule is CCCCCCNC(=NCC(C)N(C)C1CC1)NCC.I. The summed E-state index contributed by atoms with van der Waals surface area (Å²) in [7, 11) is 2.23. The van der Waals surface area contributed by atoms with Crippen molar-refractivity contribution in [3.8, 4) is 0 Å². The van der Waals surface area contributed by atoms with Crippen molar-refractivity contribution in [3.63, 3.8) is 0 Å². The van der Waals surface area contributed by atoms with Gasteiger partial charge in [-0.25, -0.2) is 0 Å². The molecule has 1 fully saturated rings. The second-order valence-electron chi connectivity index (χ2n) is 5.95. The van der Waals surface area contributed by atoms with Gasteiger partial charge in [0.25, 0.3) is 0 Å². The van der Waals surface area contributed by atoms with Gasteiger partial charge >= 0.3 is 0 Å². The summed E-state index contributed by atoms with van der Waals surface area (Å²) < 4.78 is 0. The van der Waals surface area contributed by atoms with Crippen LogP contribution in [0.2, 0.25) is 0 Å². The first-order valence-electron chi connectivity index (χ1n) is 8.43. The Labute approximate surface area is 148 Å². The van der Waals surface area contributed by atoms with Crippen LogP contribution in [0.25, 0.3) is 0 Å². The third-order valence-electron chi connectivity index (χ3n) is 4.00. The summed E-state index contributed by atoms with van der Waals surface area (Å²) in [6.07, 6.45) is 7.89. The molecule has 1 atom stereocenters. The van der Waals surface area contributed by atoms with Crippen LogP contribution >= 0.6 is 24.0 Å². The van der Waals surface area contributed by atoms with E-state index in [1.165, 1.54) is 38.5 Å². The highest BCUT2D eigenvalue weighted by atomic mass is 127. The van der Waals surface area contributed by atoms with Crippen molar-refractivity contribution < 1.29 is 0 Å². The number of nitrogens with zero attached hydrogens (tertiary/aromatic N) is 2. The van der Waals surface area contributed by atoms with Crippen LogP contribution in [0, 0.1) is 0 Å². The van der Waals surface area contributed by atoms with E-state index in [1.807, 2.05) is 0 Å². The summed E-state index contributed by atoms with van der Waals surface area (Å²) >= 11 is 0. The van der Waals surface area contributed by atoms with Crippen LogP contribution in [-0.4, -0.2) is 49.6 Å². The number of likely N-dealkylation sites (N-methyl/N-ethyl adjacent to an activating group) is 1. The standard InChI is InChI=1S/C16H34N4.HI/c1-5-7-8-9-12-18-16(17-6-2)19-13-14(3)20(4)15-10-11-15;/h14-15H,5-13H2,1-4H3,(H2,17,18,19);1H. The summed E-state index contributed by atoms with van der Waals surface area (Å²) in [5.41, 5.74) is 0. The van der Waals surface area contributed by atoms with Crippen molar-refractivity contribution in [2.24, 2.45) is 4.99 Å². The van der Waals surface area contributed by atoms with Gasteiger partial charge in [-0.15, -0.1) is 24.0 Å². The minimum absolute atomic E-state index is 0. The smallest absolute Gasteiger partial charge is 0.191 e. The molecule has 1 saturated carbocycles. The van der Waals surface area contributed by atoms with Gasteiger partial charge in [0.2, 0.25) is 0 Å². The highest BCUT2D eigenvalue weighted by Gasteiger charge is 2.28. The molecule has 0 aromatic heterocycles. The molecular weight excluding hydrogens is 375 g/mol. The molecule has 5 heteroatoms. The molecule has 4 nitrogen and oxygen atoms in total. The molecule has 1 rings (SSSR count). The van der Waals surface area contributed by atoms with Crippen LogP contribution in [0.5, 0.6) is 0 Å². The van der Waals surface area contributed by atoms with E-state index >= 15 is 0 Å². The van der Waals surface area contributed by atoms with Crippen molar-refractivity contribution in [2.45, 2.75) is 71.4 Å². The molecule has 0 saturated heterocycles. The topological polar surface area (TPSA) is 39.7 Å². The molecule has 0 aromatic carbocycles. The zero-order valence-corrected chi connectivity index (χ0v) is 16.7. The van der Waals surface area contributed by atoms with E-state index in [0.29, 0.717) is 6.04 Å². The summed E-state index contributed by atoms with van der Waals surface area (Å²) in [6.45, 7) is 9.46. The third-order valence-corrected chi connectivity index (χ3v) is 4.00. The third kappa shape index (κ3) is 9.55. The highest BCUT2D eigenvalue weighted by molar-refractivity contribution is 14.0. The Balaban J connectivity index is 0.00000400. The Kier molecular flexibility index (Phi) is 12.5. The molecule has 0 bridgehead atoms. The molecule has 0 amide bonds. The van der Waals surface area contributed by atoms with Crippen LogP contribution in [-0.2, 0) is 0 Å². The van der Waals surface area contributed by atoms with E-state index in [0.717, 1.165) is 31.6 Å². The van der Waals surface area contributed by atoms with Gasteiger partial charge in [0.15, 0.2) is 5.96 Å². The van der Waals surface area contributed by atoms with Crippen LogP contribution < -0.4 is 10.6 Å². The molecule has 0 heterocycles. The maximum atomic E-state index is 4.72. The Morgan fingerprint density at radius 2 is 1.90 bits per heavy atom. The quantitative estimate of drug-likeness (QED) is 0.252. The summed E-state index contributed by atoms with van der Waals surface area (Å²) in [5.74, 6) is 0.972. The number of halogens is 1. The normalized spacial score (nSPS) is 16.5. The molecule has 1 unspecified atom stereocenters. The largest absolute Gasteiger partial charge is 0.357 e. The lowest BCUT2D eigenvalue weighted by Crippen LogP contribution is -2.40. The van der Waals surface area contributed by atoms with Gasteiger partial charge in [-0.05, 0) is 40.2 Å². The Hall–Kier alpha value is -0.0400. The monoisotopic (exact) mass is 410 g/mol. The fourth-order valence-electron chi connectivity index (χ4n) is 2.29. The van der Waals surface area contributed by atoms with E-state index in [1.54, 1.807) is 0 Å². The molecule has 21 heavy (non-hydrogen) atoms. The van der Waals surface area contributed by atoms with E-state index in [2.05, 4.69) is 43.4 Å². The van der Waals surface area contributed by atoms with Gasteiger partial charge < -0.3 is 10.6 Å². The minimum atomic E-state index is 0. The van der Waals surface area contributed by atoms with Crippen molar-refractivity contribution in [3.05, 3.63) is 0 Å². The van der Waals surface area contributed by atoms with Gasteiger partial charge in [0.05, 0.1) is 6.54 Å². The molecule has 0 spiro atoms. The molecule has 0 aliphatic heterocycles. The van der Waals surface area contributed by atoms with E-state index < -0.39 is 0 Å². The van der Waals surface area contributed by atoms with Crippen molar-refractivity contribution in [1.29, 1.82) is 0 Å². The first kappa shape index (κ1) is 21.0. The average Bonchev–Trinajstić information content (AvgIpc) is 3.27. The van der Waals surface area contributed by atoms with Crippen LogP contribution in [0.3, 0.4) is 0 Å². The predicted octanol–water partition coefficient (Wildman–Crippen LogP) is 3.22. The zero-order chi connectivity index (χ0) is 14.8. The van der Waals surface area contributed by atoms with Crippen molar-refractivity contribution in [2.75, 3.05) is 26.7 Å². The second kappa shape index (κ2) is 12.5. The summed E-state index contributed by atoms with van der Waals surface area (Å²) in [6, 6.07) is 1.34. The van der Waals surface area contributed by atoms with Crippen molar-refractivity contribution in [1.82, 2.24) is 15.5 Å². The summed E-state index contributed by atoms with van der Waals surface area (Å²) in [5, 5.41) is 6.77. The Bertz CT molecular complexity index is 279. The molecule has 126 valence electrons. The van der Waals surface area contributed by atoms with Gasteiger partial charge in [-0.2, -0.15) is 0 Å². The number of aliphatic imine (C=N–C) groups is 1. The van der Waals surface area contributed by atoms with Gasteiger partial charge in [-0.1, -0.05) is 26.2 Å². The Morgan fingerprint density at radius 1 is 1.19 bits per heavy atom. The fourth-order valence-corrected chi connectivity index (χ4v) is 2.29. The van der Waals surface area contributed by atoms with Gasteiger partial charge in [-0.3, -0.25) is 9.89 Å². The lowest BCUT2D eigenvalue weighted by molar-refractivity contribution is 0.253. The second-order valence-corrected chi connectivity index (χ2v) is 5.95.